The Balaban J connectivity index is 2.36. The lowest BCUT2D eigenvalue weighted by Crippen LogP contribution is -2.48. The molecule has 8 heteroatoms. The Hall–Kier alpha value is -1.74. The number of amides is 1. The second-order valence-corrected chi connectivity index (χ2v) is 4.34. The molecule has 0 bridgehead atoms. The fourth-order valence-electron chi connectivity index (χ4n) is 2.00. The molecule has 4 atom stereocenters. The molecule has 1 aliphatic heterocycles. The quantitative estimate of drug-likeness (QED) is 0.377. The van der Waals surface area contributed by atoms with Crippen LogP contribution in [0.5, 0.6) is 0 Å². The fourth-order valence-corrected chi connectivity index (χ4v) is 2.00. The zero-order chi connectivity index (χ0) is 14.2. The highest BCUT2D eigenvalue weighted by molar-refractivity contribution is 5.92. The molecule has 1 aliphatic rings. The number of pyridine rings is 1. The van der Waals surface area contributed by atoms with E-state index >= 15 is 0 Å². The molecular formula is C11H16N3O5+. The number of nitrogens with zero attached hydrogens (tertiary/aromatic N) is 1. The highest BCUT2D eigenvalue weighted by Crippen LogP contribution is 2.26. The third-order valence-corrected chi connectivity index (χ3v) is 3.09. The molecule has 1 aromatic rings. The summed E-state index contributed by atoms with van der Waals surface area (Å²) in [6.07, 6.45) is -3.08. The van der Waals surface area contributed by atoms with E-state index in [1.807, 2.05) is 0 Å². The van der Waals surface area contributed by atoms with Crippen LogP contribution >= 0.6 is 0 Å². The largest absolute Gasteiger partial charge is 0.394 e. The predicted octanol–water partition coefficient (Wildman–Crippen LogP) is -2.73. The van der Waals surface area contributed by atoms with Gasteiger partial charge in [0.2, 0.25) is 6.23 Å². The van der Waals surface area contributed by atoms with Crippen LogP contribution in [-0.2, 0) is 4.74 Å². The SMILES string of the molecule is NC(=O)c1ccc(N)[n+](C2O[C@H](CO)[C@@H](O)[C@H]2O)c1. The molecule has 0 spiro atoms. The van der Waals surface area contributed by atoms with Gasteiger partial charge in [0, 0.05) is 6.07 Å². The summed E-state index contributed by atoms with van der Waals surface area (Å²) in [6, 6.07) is 2.88. The van der Waals surface area contributed by atoms with Crippen LogP contribution in [0.1, 0.15) is 16.6 Å². The summed E-state index contributed by atoms with van der Waals surface area (Å²) < 4.78 is 6.61. The highest BCUT2D eigenvalue weighted by Gasteiger charge is 2.46. The molecule has 2 heterocycles. The first-order chi connectivity index (χ1) is 8.95. The molecule has 1 fully saturated rings. The zero-order valence-corrected chi connectivity index (χ0v) is 10.0. The van der Waals surface area contributed by atoms with Crippen molar-refractivity contribution in [3.8, 4) is 0 Å². The van der Waals surface area contributed by atoms with Crippen LogP contribution in [0.2, 0.25) is 0 Å². The van der Waals surface area contributed by atoms with Crippen LogP contribution in [0.15, 0.2) is 18.3 Å². The van der Waals surface area contributed by atoms with Gasteiger partial charge in [-0.05, 0) is 6.07 Å². The number of hydrogen-bond acceptors (Lipinski definition) is 6. The zero-order valence-electron chi connectivity index (χ0n) is 10.0. The number of anilines is 1. The molecule has 1 amide bonds. The summed E-state index contributed by atoms with van der Waals surface area (Å²) in [6.45, 7) is -0.440. The smallest absolute Gasteiger partial charge is 0.274 e. The van der Waals surface area contributed by atoms with Gasteiger partial charge in [0.25, 0.3) is 11.7 Å². The standard InChI is InChI=1S/C11H15N3O5/c12-7-2-1-5(10(13)18)3-14(7)11-9(17)8(16)6(4-15)19-11/h1-3,6,8-9,11-12,15-17H,4H2,(H2,13,18)/p+1/t6-,8-,9-,11?/m1/s1. The summed E-state index contributed by atoms with van der Waals surface area (Å²) in [5.41, 5.74) is 11.1. The third kappa shape index (κ3) is 2.38. The topological polar surface area (TPSA) is 143 Å². The number of carbonyl (C=O) groups excluding carboxylic acids is 1. The maximum Gasteiger partial charge on any atom is 0.274 e. The van der Waals surface area contributed by atoms with Gasteiger partial charge < -0.3 is 25.8 Å². The van der Waals surface area contributed by atoms with Crippen molar-refractivity contribution in [3.05, 3.63) is 23.9 Å². The summed E-state index contributed by atoms with van der Waals surface area (Å²) in [5, 5.41) is 28.6. The number of hydrogen-bond donors (Lipinski definition) is 5. The van der Waals surface area contributed by atoms with Gasteiger partial charge in [-0.3, -0.25) is 10.5 Å². The molecule has 8 nitrogen and oxygen atoms in total. The van der Waals surface area contributed by atoms with Crippen molar-refractivity contribution in [2.75, 3.05) is 12.3 Å². The van der Waals surface area contributed by atoms with E-state index in [1.54, 1.807) is 0 Å². The number of aliphatic hydroxyl groups is 3. The van der Waals surface area contributed by atoms with Crippen LogP contribution in [0.3, 0.4) is 0 Å². The summed E-state index contributed by atoms with van der Waals surface area (Å²) >= 11 is 0. The minimum atomic E-state index is -1.27. The van der Waals surface area contributed by atoms with E-state index in [4.69, 9.17) is 21.3 Å². The Kier molecular flexibility index (Phi) is 3.67. The molecule has 0 saturated carbocycles. The van der Waals surface area contributed by atoms with Crippen LogP contribution in [-0.4, -0.2) is 46.1 Å². The van der Waals surface area contributed by atoms with E-state index < -0.39 is 37.1 Å². The van der Waals surface area contributed by atoms with Crippen molar-refractivity contribution in [1.82, 2.24) is 0 Å². The number of aliphatic hydroxyl groups excluding tert-OH is 3. The monoisotopic (exact) mass is 270 g/mol. The molecule has 0 aromatic carbocycles. The lowest BCUT2D eigenvalue weighted by Gasteiger charge is -2.15. The predicted molar refractivity (Wildman–Crippen MR) is 62.6 cm³/mol. The van der Waals surface area contributed by atoms with Crippen LogP contribution in [0, 0.1) is 0 Å². The maximum absolute atomic E-state index is 11.1. The van der Waals surface area contributed by atoms with Crippen molar-refractivity contribution < 1.29 is 29.4 Å². The Morgan fingerprint density at radius 2 is 2.05 bits per heavy atom. The Labute approximate surface area is 108 Å². The number of primary amides is 1. The fraction of sp³-hybridized carbons (Fsp3) is 0.455. The molecule has 1 saturated heterocycles. The van der Waals surface area contributed by atoms with Crippen LogP contribution < -0.4 is 16.0 Å². The number of carbonyl (C=O) groups is 1. The van der Waals surface area contributed by atoms with Gasteiger partial charge in [0.05, 0.1) is 12.2 Å². The van der Waals surface area contributed by atoms with E-state index in [1.165, 1.54) is 22.9 Å². The van der Waals surface area contributed by atoms with Gasteiger partial charge in [-0.1, -0.05) is 0 Å². The van der Waals surface area contributed by atoms with Crippen LogP contribution in [0.4, 0.5) is 5.82 Å². The Morgan fingerprint density at radius 1 is 1.37 bits per heavy atom. The number of nitrogen functional groups attached to an aromatic ring is 1. The normalized spacial score (nSPS) is 30.5. The van der Waals surface area contributed by atoms with E-state index in [2.05, 4.69) is 0 Å². The van der Waals surface area contributed by atoms with Gasteiger partial charge in [-0.25, -0.2) is 4.57 Å². The Morgan fingerprint density at radius 3 is 2.58 bits per heavy atom. The number of aromatic nitrogens is 1. The van der Waals surface area contributed by atoms with Gasteiger partial charge in [-0.15, -0.1) is 0 Å². The van der Waals surface area contributed by atoms with Gasteiger partial charge in [0.1, 0.15) is 24.5 Å². The highest BCUT2D eigenvalue weighted by atomic mass is 16.6. The number of ether oxygens (including phenoxy) is 1. The average molecular weight is 270 g/mol. The van der Waals surface area contributed by atoms with Crippen LogP contribution in [0.25, 0.3) is 0 Å². The molecule has 2 rings (SSSR count). The van der Waals surface area contributed by atoms with Crippen molar-refractivity contribution in [2.24, 2.45) is 5.73 Å². The van der Waals surface area contributed by atoms with Gasteiger partial charge in [0.15, 0.2) is 0 Å². The van der Waals surface area contributed by atoms with Gasteiger partial charge in [-0.2, -0.15) is 0 Å². The summed E-state index contributed by atoms with van der Waals surface area (Å²) in [5.74, 6) is -0.430. The minimum Gasteiger partial charge on any atom is -0.394 e. The van der Waals surface area contributed by atoms with Gasteiger partial charge >= 0.3 is 0 Å². The molecule has 7 N–H and O–H groups in total. The first kappa shape index (κ1) is 13.7. The molecule has 19 heavy (non-hydrogen) atoms. The lowest BCUT2D eigenvalue weighted by molar-refractivity contribution is -0.753. The summed E-state index contributed by atoms with van der Waals surface area (Å²) in [4.78, 5) is 11.1. The van der Waals surface area contributed by atoms with E-state index in [0.717, 1.165) is 0 Å². The Bertz CT molecular complexity index is 495. The molecule has 104 valence electrons. The second-order valence-electron chi connectivity index (χ2n) is 4.34. The summed E-state index contributed by atoms with van der Waals surface area (Å²) in [7, 11) is 0. The number of nitrogens with two attached hydrogens (primary N) is 2. The maximum atomic E-state index is 11.1. The minimum absolute atomic E-state index is 0.187. The lowest BCUT2D eigenvalue weighted by atomic mass is 10.1. The molecule has 0 radical (unpaired) electrons. The van der Waals surface area contributed by atoms with Crippen molar-refractivity contribution in [1.29, 1.82) is 0 Å². The second kappa shape index (κ2) is 5.10. The first-order valence-corrected chi connectivity index (χ1v) is 5.68. The molecule has 1 aromatic heterocycles. The van der Waals surface area contributed by atoms with E-state index in [0.29, 0.717) is 0 Å². The van der Waals surface area contributed by atoms with Crippen molar-refractivity contribution in [2.45, 2.75) is 24.5 Å². The molecular weight excluding hydrogens is 254 g/mol. The first-order valence-electron chi connectivity index (χ1n) is 5.68. The average Bonchev–Trinajstić information content (AvgIpc) is 2.66. The van der Waals surface area contributed by atoms with E-state index in [-0.39, 0.29) is 11.4 Å². The van der Waals surface area contributed by atoms with Crippen molar-refractivity contribution in [3.63, 3.8) is 0 Å². The van der Waals surface area contributed by atoms with E-state index in [9.17, 15) is 15.0 Å². The third-order valence-electron chi connectivity index (χ3n) is 3.09. The number of rotatable bonds is 3. The molecule has 0 aliphatic carbocycles. The van der Waals surface area contributed by atoms with Crippen molar-refractivity contribution >= 4 is 11.7 Å². The molecule has 1 unspecified atom stereocenters.